The minimum Gasteiger partial charge on any atom is -0.466 e. The van der Waals surface area contributed by atoms with E-state index in [4.69, 9.17) is 21.7 Å². The second-order valence-corrected chi connectivity index (χ2v) is 8.30. The Labute approximate surface area is 194 Å². The summed E-state index contributed by atoms with van der Waals surface area (Å²) in [5.74, 6) is -0.912. The van der Waals surface area contributed by atoms with Gasteiger partial charge in [-0.25, -0.2) is 4.79 Å². The van der Waals surface area contributed by atoms with E-state index in [2.05, 4.69) is 10.6 Å². The van der Waals surface area contributed by atoms with E-state index in [0.29, 0.717) is 28.7 Å². The third kappa shape index (κ3) is 6.78. The Kier molecular flexibility index (Phi) is 9.19. The zero-order valence-electron chi connectivity index (χ0n) is 19.2. The lowest BCUT2D eigenvalue weighted by Gasteiger charge is -2.35. The first-order valence-electron chi connectivity index (χ1n) is 10.6. The maximum Gasteiger partial charge on any atom is 0.338 e. The van der Waals surface area contributed by atoms with E-state index in [1.165, 1.54) is 0 Å². The monoisotopic (exact) mass is 461 g/mol. The average molecular weight is 462 g/mol. The smallest absolute Gasteiger partial charge is 0.338 e. The number of amides is 1. The molecule has 8 nitrogen and oxygen atoms in total. The van der Waals surface area contributed by atoms with E-state index < -0.39 is 18.0 Å². The molecule has 32 heavy (non-hydrogen) atoms. The van der Waals surface area contributed by atoms with Gasteiger partial charge in [0.25, 0.3) is 0 Å². The molecule has 1 heterocycles. The molecule has 0 fully saturated rings. The summed E-state index contributed by atoms with van der Waals surface area (Å²) in [7, 11) is 1.79. The summed E-state index contributed by atoms with van der Waals surface area (Å²) in [6.07, 6.45) is 0.0311. The first kappa shape index (κ1) is 25.3. The molecule has 9 heteroatoms. The van der Waals surface area contributed by atoms with Crippen molar-refractivity contribution in [1.82, 2.24) is 10.2 Å². The molecule has 2 rings (SSSR count). The number of anilines is 1. The minimum atomic E-state index is -0.519. The predicted octanol–water partition coefficient (Wildman–Crippen LogP) is 3.30. The van der Waals surface area contributed by atoms with Crippen LogP contribution in [0.25, 0.3) is 0 Å². The summed E-state index contributed by atoms with van der Waals surface area (Å²) in [4.78, 5) is 38.3. The molecule has 1 atom stereocenters. The topological polar surface area (TPSA) is 97.0 Å². The fraction of sp³-hybridized carbons (Fsp3) is 0.478. The molecule has 1 aromatic rings. The number of thiocarbonyl (C=S) groups is 1. The third-order valence-electron chi connectivity index (χ3n) is 4.89. The van der Waals surface area contributed by atoms with E-state index in [1.54, 1.807) is 37.1 Å². The molecule has 1 aromatic carbocycles. The summed E-state index contributed by atoms with van der Waals surface area (Å²) in [6, 6.07) is 6.63. The summed E-state index contributed by atoms with van der Waals surface area (Å²) in [5.41, 5.74) is 2.47. The highest BCUT2D eigenvalue weighted by Crippen LogP contribution is 2.32. The highest BCUT2D eigenvalue weighted by atomic mass is 32.1. The number of benzene rings is 1. The number of carbonyl (C=O) groups excluding carboxylic acids is 3. The standard InChI is InChI=1S/C23H31N3O5S/c1-6-30-19(28)11-10-18(27)24-17-9-7-8-16(12-17)21-20(22(29)31-13-14(2)3)15(4)26(5)23(32)25-21/h7-9,12,14,21H,6,10-11,13H2,1-5H3,(H,24,27)(H,25,32). The molecule has 0 aromatic heterocycles. The summed E-state index contributed by atoms with van der Waals surface area (Å²) < 4.78 is 10.3. The van der Waals surface area contributed by atoms with Gasteiger partial charge in [-0.15, -0.1) is 0 Å². The number of esters is 2. The van der Waals surface area contributed by atoms with Crippen LogP contribution in [-0.4, -0.2) is 48.1 Å². The van der Waals surface area contributed by atoms with Crippen molar-refractivity contribution in [3.05, 3.63) is 41.1 Å². The molecule has 1 aliphatic heterocycles. The van der Waals surface area contributed by atoms with Crippen molar-refractivity contribution in [2.24, 2.45) is 5.92 Å². The first-order chi connectivity index (χ1) is 15.1. The van der Waals surface area contributed by atoms with Gasteiger partial charge in [0.2, 0.25) is 5.91 Å². The van der Waals surface area contributed by atoms with Gasteiger partial charge in [-0.1, -0.05) is 26.0 Å². The molecule has 0 radical (unpaired) electrons. The first-order valence-corrected chi connectivity index (χ1v) is 11.0. The SMILES string of the molecule is CCOC(=O)CCC(=O)Nc1cccc(C2NC(=S)N(C)C(C)=C2C(=O)OCC(C)C)c1. The van der Waals surface area contributed by atoms with Gasteiger partial charge in [0.05, 0.1) is 31.2 Å². The Bertz CT molecular complexity index is 913. The molecular weight excluding hydrogens is 430 g/mol. The largest absolute Gasteiger partial charge is 0.466 e. The number of allylic oxidation sites excluding steroid dienone is 1. The van der Waals surface area contributed by atoms with Crippen LogP contribution in [0.2, 0.25) is 0 Å². The van der Waals surface area contributed by atoms with Gasteiger partial charge in [-0.05, 0) is 49.7 Å². The molecule has 0 saturated carbocycles. The normalized spacial score (nSPS) is 16.0. The number of hydrogen-bond acceptors (Lipinski definition) is 6. The summed E-state index contributed by atoms with van der Waals surface area (Å²) in [6.45, 7) is 8.08. The van der Waals surface area contributed by atoms with E-state index in [-0.39, 0.29) is 31.3 Å². The van der Waals surface area contributed by atoms with Crippen LogP contribution in [0.1, 0.15) is 52.1 Å². The number of hydrogen-bond donors (Lipinski definition) is 2. The number of nitrogens with zero attached hydrogens (tertiary/aromatic N) is 1. The van der Waals surface area contributed by atoms with Gasteiger partial charge >= 0.3 is 11.9 Å². The Morgan fingerprint density at radius 3 is 2.59 bits per heavy atom. The number of carbonyl (C=O) groups is 3. The molecule has 1 aliphatic rings. The van der Waals surface area contributed by atoms with Gasteiger partial charge in [0, 0.05) is 24.9 Å². The minimum absolute atomic E-state index is 0.0118. The Morgan fingerprint density at radius 1 is 1.22 bits per heavy atom. The van der Waals surface area contributed by atoms with Crippen LogP contribution in [0.4, 0.5) is 5.69 Å². The van der Waals surface area contributed by atoms with Gasteiger partial charge in [-0.3, -0.25) is 9.59 Å². The molecule has 2 N–H and O–H groups in total. The van der Waals surface area contributed by atoms with E-state index >= 15 is 0 Å². The van der Waals surface area contributed by atoms with Gasteiger partial charge in [0.15, 0.2) is 5.11 Å². The number of nitrogens with one attached hydrogen (secondary N) is 2. The predicted molar refractivity (Wildman–Crippen MR) is 126 cm³/mol. The van der Waals surface area contributed by atoms with Crippen LogP contribution in [0.5, 0.6) is 0 Å². The van der Waals surface area contributed by atoms with Crippen LogP contribution in [0.15, 0.2) is 35.5 Å². The quantitative estimate of drug-likeness (QED) is 0.427. The molecular formula is C23H31N3O5S. The van der Waals surface area contributed by atoms with Crippen LogP contribution < -0.4 is 10.6 Å². The molecule has 0 bridgehead atoms. The van der Waals surface area contributed by atoms with Crippen LogP contribution >= 0.6 is 12.2 Å². The van der Waals surface area contributed by atoms with E-state index in [9.17, 15) is 14.4 Å². The molecule has 174 valence electrons. The Hall–Kier alpha value is -2.94. The lowest BCUT2D eigenvalue weighted by atomic mass is 9.94. The average Bonchev–Trinajstić information content (AvgIpc) is 2.74. The van der Waals surface area contributed by atoms with Crippen molar-refractivity contribution in [3.63, 3.8) is 0 Å². The highest BCUT2D eigenvalue weighted by Gasteiger charge is 2.33. The van der Waals surface area contributed by atoms with Crippen molar-refractivity contribution in [2.75, 3.05) is 25.6 Å². The second-order valence-electron chi connectivity index (χ2n) is 7.91. The van der Waals surface area contributed by atoms with Crippen molar-refractivity contribution in [3.8, 4) is 0 Å². The second kappa shape index (κ2) is 11.6. The van der Waals surface area contributed by atoms with Gasteiger partial charge in [-0.2, -0.15) is 0 Å². The van der Waals surface area contributed by atoms with Crippen LogP contribution in [0.3, 0.4) is 0 Å². The van der Waals surface area contributed by atoms with Crippen molar-refractivity contribution >= 4 is 40.9 Å². The highest BCUT2D eigenvalue weighted by molar-refractivity contribution is 7.80. The van der Waals surface area contributed by atoms with Crippen molar-refractivity contribution < 1.29 is 23.9 Å². The zero-order chi connectivity index (χ0) is 23.8. The summed E-state index contributed by atoms with van der Waals surface area (Å²) in [5, 5.41) is 6.46. The molecule has 0 spiro atoms. The molecule has 0 aliphatic carbocycles. The lowest BCUT2D eigenvalue weighted by Crippen LogP contribution is -2.46. The lowest BCUT2D eigenvalue weighted by molar-refractivity contribution is -0.144. The third-order valence-corrected chi connectivity index (χ3v) is 5.28. The van der Waals surface area contributed by atoms with E-state index in [0.717, 1.165) is 5.56 Å². The van der Waals surface area contributed by atoms with Crippen molar-refractivity contribution in [2.45, 2.75) is 46.6 Å². The Balaban J connectivity index is 2.22. The maximum absolute atomic E-state index is 12.9. The van der Waals surface area contributed by atoms with E-state index in [1.807, 2.05) is 26.8 Å². The number of ether oxygens (including phenoxy) is 2. The van der Waals surface area contributed by atoms with Gasteiger partial charge < -0.3 is 25.0 Å². The Morgan fingerprint density at radius 2 is 1.94 bits per heavy atom. The van der Waals surface area contributed by atoms with Crippen LogP contribution in [0, 0.1) is 5.92 Å². The van der Waals surface area contributed by atoms with Crippen LogP contribution in [-0.2, 0) is 23.9 Å². The number of rotatable bonds is 9. The maximum atomic E-state index is 12.9. The molecule has 1 amide bonds. The fourth-order valence-electron chi connectivity index (χ4n) is 3.14. The molecule has 1 unspecified atom stereocenters. The van der Waals surface area contributed by atoms with Crippen molar-refractivity contribution in [1.29, 1.82) is 0 Å². The zero-order valence-corrected chi connectivity index (χ0v) is 20.0. The fourth-order valence-corrected chi connectivity index (χ4v) is 3.39. The molecule has 0 saturated heterocycles. The summed E-state index contributed by atoms with van der Waals surface area (Å²) >= 11 is 5.43. The van der Waals surface area contributed by atoms with Gasteiger partial charge in [0.1, 0.15) is 0 Å².